The van der Waals surface area contributed by atoms with Gasteiger partial charge in [-0.15, -0.1) is 0 Å². The standard InChI is InChI=1S/C23H31BrFNO3Si/c1-5-26(23(27)28-15-16-30(2,3)4)14-13-21(18-9-8-10-19(25)17-18)29-22-12-7-6-11-20(22)24/h6-12,17,21H,5,13-16H2,1-4H3. The number of carbonyl (C=O) groups is 1. The van der Waals surface area contributed by atoms with E-state index < -0.39 is 14.2 Å². The molecule has 7 heteroatoms. The van der Waals surface area contributed by atoms with Crippen molar-refractivity contribution in [1.29, 1.82) is 0 Å². The van der Waals surface area contributed by atoms with Crippen molar-refractivity contribution in [2.24, 2.45) is 0 Å². The molecule has 1 unspecified atom stereocenters. The Kier molecular flexibility index (Phi) is 9.36. The van der Waals surface area contributed by atoms with E-state index in [0.29, 0.717) is 31.9 Å². The van der Waals surface area contributed by atoms with Crippen LogP contribution in [0.3, 0.4) is 0 Å². The SMILES string of the molecule is CCN(CCC(Oc1ccccc1Br)c1cccc(F)c1)C(=O)OCC[Si](C)(C)C. The average Bonchev–Trinajstić information content (AvgIpc) is 2.68. The summed E-state index contributed by atoms with van der Waals surface area (Å²) in [4.78, 5) is 14.2. The van der Waals surface area contributed by atoms with Crippen molar-refractivity contribution in [3.63, 3.8) is 0 Å². The molecule has 0 bridgehead atoms. The van der Waals surface area contributed by atoms with Gasteiger partial charge in [-0.2, -0.15) is 0 Å². The van der Waals surface area contributed by atoms with Gasteiger partial charge in [-0.05, 0) is 58.7 Å². The summed E-state index contributed by atoms with van der Waals surface area (Å²) in [6, 6.07) is 14.9. The quantitative estimate of drug-likeness (QED) is 0.336. The van der Waals surface area contributed by atoms with Crippen LogP contribution in [0, 0.1) is 5.82 Å². The molecule has 0 aliphatic heterocycles. The van der Waals surface area contributed by atoms with Gasteiger partial charge in [0.2, 0.25) is 0 Å². The fourth-order valence-electron chi connectivity index (χ4n) is 2.88. The number of carbonyl (C=O) groups excluding carboxylic acids is 1. The molecule has 2 aromatic rings. The summed E-state index contributed by atoms with van der Waals surface area (Å²) in [6.45, 7) is 10.1. The van der Waals surface area contributed by atoms with Gasteiger partial charge in [0.05, 0.1) is 11.1 Å². The van der Waals surface area contributed by atoms with Crippen molar-refractivity contribution in [3.05, 3.63) is 64.4 Å². The third-order valence-electron chi connectivity index (χ3n) is 4.71. The first kappa shape index (κ1) is 24.4. The first-order valence-corrected chi connectivity index (χ1v) is 14.8. The number of hydrogen-bond donors (Lipinski definition) is 0. The van der Waals surface area contributed by atoms with Crippen LogP contribution in [0.4, 0.5) is 9.18 Å². The van der Waals surface area contributed by atoms with Crippen molar-refractivity contribution in [1.82, 2.24) is 4.90 Å². The van der Waals surface area contributed by atoms with Crippen LogP contribution in [0.25, 0.3) is 0 Å². The van der Waals surface area contributed by atoms with Crippen molar-refractivity contribution in [2.75, 3.05) is 19.7 Å². The first-order chi connectivity index (χ1) is 14.2. The maximum absolute atomic E-state index is 13.8. The highest BCUT2D eigenvalue weighted by Gasteiger charge is 2.21. The second-order valence-electron chi connectivity index (χ2n) is 8.39. The maximum atomic E-state index is 13.8. The Bertz CT molecular complexity index is 828. The van der Waals surface area contributed by atoms with Crippen LogP contribution in [0.5, 0.6) is 5.75 Å². The summed E-state index contributed by atoms with van der Waals surface area (Å²) in [7, 11) is -1.26. The van der Waals surface area contributed by atoms with Gasteiger partial charge in [-0.1, -0.05) is 43.9 Å². The zero-order valence-electron chi connectivity index (χ0n) is 18.2. The normalized spacial score (nSPS) is 12.3. The van der Waals surface area contributed by atoms with E-state index in [1.807, 2.05) is 37.3 Å². The molecule has 30 heavy (non-hydrogen) atoms. The number of amides is 1. The summed E-state index contributed by atoms with van der Waals surface area (Å²) in [5.74, 6) is 0.360. The molecule has 1 atom stereocenters. The van der Waals surface area contributed by atoms with Crippen molar-refractivity contribution in [2.45, 2.75) is 45.1 Å². The minimum Gasteiger partial charge on any atom is -0.484 e. The number of ether oxygens (including phenoxy) is 2. The van der Waals surface area contributed by atoms with Crippen LogP contribution in [0.15, 0.2) is 53.0 Å². The minimum absolute atomic E-state index is 0.311. The third kappa shape index (κ3) is 8.11. The zero-order chi connectivity index (χ0) is 22.1. The van der Waals surface area contributed by atoms with E-state index >= 15 is 0 Å². The van der Waals surface area contributed by atoms with Crippen molar-refractivity contribution >= 4 is 30.1 Å². The molecular formula is C23H31BrFNO3Si. The van der Waals surface area contributed by atoms with E-state index in [9.17, 15) is 9.18 Å². The summed E-state index contributed by atoms with van der Waals surface area (Å²) >= 11 is 3.49. The molecule has 0 spiro atoms. The Labute approximate surface area is 188 Å². The summed E-state index contributed by atoms with van der Waals surface area (Å²) in [5, 5.41) is 0. The molecule has 2 aromatic carbocycles. The van der Waals surface area contributed by atoms with E-state index in [4.69, 9.17) is 9.47 Å². The molecule has 0 saturated heterocycles. The molecule has 0 fully saturated rings. The van der Waals surface area contributed by atoms with Gasteiger partial charge in [-0.3, -0.25) is 0 Å². The molecule has 164 valence electrons. The number of halogens is 2. The lowest BCUT2D eigenvalue weighted by atomic mass is 10.1. The van der Waals surface area contributed by atoms with Crippen molar-refractivity contribution in [3.8, 4) is 5.75 Å². The third-order valence-corrected chi connectivity index (χ3v) is 7.06. The molecule has 0 heterocycles. The summed E-state index contributed by atoms with van der Waals surface area (Å²) in [5.41, 5.74) is 0.730. The second kappa shape index (κ2) is 11.5. The predicted octanol–water partition coefficient (Wildman–Crippen LogP) is 6.90. The summed E-state index contributed by atoms with van der Waals surface area (Å²) < 4.78 is 26.3. The van der Waals surface area contributed by atoms with Gasteiger partial charge >= 0.3 is 6.09 Å². The van der Waals surface area contributed by atoms with E-state index in [1.54, 1.807) is 11.0 Å². The lowest BCUT2D eigenvalue weighted by Gasteiger charge is -2.25. The molecule has 0 aromatic heterocycles. The highest BCUT2D eigenvalue weighted by Crippen LogP contribution is 2.31. The van der Waals surface area contributed by atoms with Crippen molar-refractivity contribution < 1.29 is 18.7 Å². The van der Waals surface area contributed by atoms with Gasteiger partial charge in [0.25, 0.3) is 0 Å². The van der Waals surface area contributed by atoms with E-state index in [2.05, 4.69) is 35.6 Å². The number of nitrogens with zero attached hydrogens (tertiary/aromatic N) is 1. The molecular weight excluding hydrogens is 465 g/mol. The van der Waals surface area contributed by atoms with Gasteiger partial charge in [-0.25, -0.2) is 9.18 Å². The van der Waals surface area contributed by atoms with E-state index in [1.165, 1.54) is 12.1 Å². The van der Waals surface area contributed by atoms with Gasteiger partial charge in [0.15, 0.2) is 0 Å². The highest BCUT2D eigenvalue weighted by atomic mass is 79.9. The molecule has 0 aliphatic rings. The largest absolute Gasteiger partial charge is 0.484 e. The second-order valence-corrected chi connectivity index (χ2v) is 14.9. The van der Waals surface area contributed by atoms with Crippen LogP contribution in [0.2, 0.25) is 25.7 Å². The maximum Gasteiger partial charge on any atom is 0.409 e. The predicted molar refractivity (Wildman–Crippen MR) is 125 cm³/mol. The van der Waals surface area contributed by atoms with E-state index in [0.717, 1.165) is 16.1 Å². The first-order valence-electron chi connectivity index (χ1n) is 10.3. The molecule has 0 N–H and O–H groups in total. The van der Waals surface area contributed by atoms with Gasteiger partial charge in [0.1, 0.15) is 17.7 Å². The molecule has 0 saturated carbocycles. The summed E-state index contributed by atoms with van der Waals surface area (Å²) in [6.07, 6.45) is -0.195. The monoisotopic (exact) mass is 495 g/mol. The fraction of sp³-hybridized carbons (Fsp3) is 0.435. The minimum atomic E-state index is -1.26. The highest BCUT2D eigenvalue weighted by molar-refractivity contribution is 9.10. The van der Waals surface area contributed by atoms with Gasteiger partial charge in [0, 0.05) is 27.6 Å². The Morgan fingerprint density at radius 3 is 2.53 bits per heavy atom. The topological polar surface area (TPSA) is 38.8 Å². The number of rotatable bonds is 10. The molecule has 4 nitrogen and oxygen atoms in total. The number of benzene rings is 2. The fourth-order valence-corrected chi connectivity index (χ4v) is 3.97. The number of para-hydroxylation sites is 1. The van der Waals surface area contributed by atoms with Crippen LogP contribution in [0.1, 0.15) is 25.0 Å². The molecule has 1 amide bonds. The number of hydrogen-bond acceptors (Lipinski definition) is 3. The Hall–Kier alpha value is -1.86. The Morgan fingerprint density at radius 2 is 1.90 bits per heavy atom. The molecule has 0 radical (unpaired) electrons. The molecule has 2 rings (SSSR count). The Balaban J connectivity index is 2.07. The molecule has 0 aliphatic carbocycles. The van der Waals surface area contributed by atoms with Crippen LogP contribution >= 0.6 is 15.9 Å². The zero-order valence-corrected chi connectivity index (χ0v) is 20.7. The van der Waals surface area contributed by atoms with Crippen LogP contribution < -0.4 is 4.74 Å². The Morgan fingerprint density at radius 1 is 1.17 bits per heavy atom. The van der Waals surface area contributed by atoms with Gasteiger partial charge < -0.3 is 14.4 Å². The van der Waals surface area contributed by atoms with Crippen LogP contribution in [-0.2, 0) is 4.74 Å². The smallest absolute Gasteiger partial charge is 0.409 e. The lowest BCUT2D eigenvalue weighted by Crippen LogP contribution is -2.34. The average molecular weight is 496 g/mol. The van der Waals surface area contributed by atoms with E-state index in [-0.39, 0.29) is 11.9 Å². The lowest BCUT2D eigenvalue weighted by molar-refractivity contribution is 0.100. The van der Waals surface area contributed by atoms with Crippen LogP contribution in [-0.4, -0.2) is 38.8 Å².